The van der Waals surface area contributed by atoms with Gasteiger partial charge in [-0.15, -0.1) is 0 Å². The van der Waals surface area contributed by atoms with E-state index in [9.17, 15) is 10.2 Å². The molecule has 0 saturated carbocycles. The molecule has 0 bridgehead atoms. The Labute approximate surface area is 163 Å². The minimum Gasteiger partial charge on any atom is -0.505 e. The predicted octanol–water partition coefficient (Wildman–Crippen LogP) is 4.83. The lowest BCUT2D eigenvalue weighted by Crippen LogP contribution is -2.36. The largest absolute Gasteiger partial charge is 0.505 e. The number of hydrogen-bond acceptors (Lipinski definition) is 5. The minimum absolute atomic E-state index is 0.0257. The highest BCUT2D eigenvalue weighted by Gasteiger charge is 2.24. The summed E-state index contributed by atoms with van der Waals surface area (Å²) in [5.74, 6) is -0.162. The first-order valence-corrected chi connectivity index (χ1v) is 9.01. The second kappa shape index (κ2) is 7.98. The van der Waals surface area contributed by atoms with E-state index in [1.807, 2.05) is 72.8 Å². The second-order valence-corrected chi connectivity index (χ2v) is 6.44. The minimum atomic E-state index is -0.387. The van der Waals surface area contributed by atoms with E-state index in [-0.39, 0.29) is 18.2 Å². The van der Waals surface area contributed by atoms with E-state index in [0.717, 1.165) is 22.3 Å². The van der Waals surface area contributed by atoms with E-state index in [1.54, 1.807) is 0 Å². The quantitative estimate of drug-likeness (QED) is 0.673. The Balaban J connectivity index is 1.58. The van der Waals surface area contributed by atoms with Gasteiger partial charge >= 0.3 is 0 Å². The van der Waals surface area contributed by atoms with Crippen LogP contribution in [0.2, 0.25) is 0 Å². The highest BCUT2D eigenvalue weighted by molar-refractivity contribution is 5.99. The molecule has 5 nitrogen and oxygen atoms in total. The summed E-state index contributed by atoms with van der Waals surface area (Å²) in [6.07, 6.45) is 0. The number of aliphatic imine (C=N–C) groups is 1. The monoisotopic (exact) mass is 372 g/mol. The highest BCUT2D eigenvalue weighted by atomic mass is 16.7. The van der Waals surface area contributed by atoms with Crippen molar-refractivity contribution in [3.8, 4) is 11.1 Å². The van der Waals surface area contributed by atoms with Gasteiger partial charge in [0.25, 0.3) is 5.88 Å². The van der Waals surface area contributed by atoms with Gasteiger partial charge in [-0.3, -0.25) is 4.84 Å². The number of amidine groups is 1. The Morgan fingerprint density at radius 2 is 1.32 bits per heavy atom. The summed E-state index contributed by atoms with van der Waals surface area (Å²) in [6.45, 7) is 0.355. The molecule has 0 radical (unpaired) electrons. The van der Waals surface area contributed by atoms with Crippen molar-refractivity contribution in [2.45, 2.75) is 6.61 Å². The summed E-state index contributed by atoms with van der Waals surface area (Å²) in [5, 5.41) is 21.3. The molecule has 140 valence electrons. The van der Waals surface area contributed by atoms with E-state index >= 15 is 0 Å². The fraction of sp³-hybridized carbons (Fsp3) is 0.0870. The summed E-state index contributed by atoms with van der Waals surface area (Å²) < 4.78 is 0. The van der Waals surface area contributed by atoms with Crippen molar-refractivity contribution < 1.29 is 15.1 Å². The van der Waals surface area contributed by atoms with Crippen LogP contribution in [0.4, 0.5) is 0 Å². The number of rotatable bonds is 5. The second-order valence-electron chi connectivity index (χ2n) is 6.44. The summed E-state index contributed by atoms with van der Waals surface area (Å²) in [4.78, 5) is 10.00. The van der Waals surface area contributed by atoms with Crippen LogP contribution in [0.1, 0.15) is 11.1 Å². The predicted molar refractivity (Wildman–Crippen MR) is 109 cm³/mol. The van der Waals surface area contributed by atoms with Crippen molar-refractivity contribution >= 4 is 5.84 Å². The van der Waals surface area contributed by atoms with Gasteiger partial charge in [0.2, 0.25) is 0 Å². The van der Waals surface area contributed by atoms with E-state index in [4.69, 9.17) is 4.84 Å². The molecule has 4 rings (SSSR count). The molecule has 5 heteroatoms. The maximum atomic E-state index is 9.90. The van der Waals surface area contributed by atoms with Crippen molar-refractivity contribution in [3.05, 3.63) is 108 Å². The molecule has 28 heavy (non-hydrogen) atoms. The van der Waals surface area contributed by atoms with Crippen LogP contribution in [0.25, 0.3) is 11.1 Å². The van der Waals surface area contributed by atoms with Gasteiger partial charge in [0.05, 0.1) is 6.61 Å². The summed E-state index contributed by atoms with van der Waals surface area (Å²) in [6, 6.07) is 27.7. The van der Waals surface area contributed by atoms with Crippen LogP contribution in [0.5, 0.6) is 0 Å². The number of aliphatic hydroxyl groups excluding tert-OH is 2. The number of nitrogens with zero attached hydrogens (tertiary/aromatic N) is 2. The SMILES string of the molecule is OC1=C(O)N=C(c2ccc(-c3ccccc3)cc2)N(OCc2ccccc2)C1. The lowest BCUT2D eigenvalue weighted by molar-refractivity contribution is -0.112. The van der Waals surface area contributed by atoms with Crippen molar-refractivity contribution in [3.63, 3.8) is 0 Å². The van der Waals surface area contributed by atoms with Crippen LogP contribution in [0.15, 0.2) is 102 Å². The first-order chi connectivity index (χ1) is 13.7. The lowest BCUT2D eigenvalue weighted by atomic mass is 10.0. The molecule has 0 aliphatic carbocycles. The van der Waals surface area contributed by atoms with Gasteiger partial charge < -0.3 is 10.2 Å². The van der Waals surface area contributed by atoms with Gasteiger partial charge in [-0.05, 0) is 16.7 Å². The highest BCUT2D eigenvalue weighted by Crippen LogP contribution is 2.22. The third kappa shape index (κ3) is 3.89. The van der Waals surface area contributed by atoms with Crippen molar-refractivity contribution in [1.29, 1.82) is 0 Å². The molecule has 1 aliphatic heterocycles. The van der Waals surface area contributed by atoms with Gasteiger partial charge in [-0.1, -0.05) is 84.9 Å². The lowest BCUT2D eigenvalue weighted by Gasteiger charge is -2.28. The van der Waals surface area contributed by atoms with Gasteiger partial charge in [-0.2, -0.15) is 4.99 Å². The standard InChI is InChI=1S/C23H20N2O3/c26-21-15-25(28-16-17-7-3-1-4-8-17)22(24-23(21)27)20-13-11-19(12-14-20)18-9-5-2-6-10-18/h1-14,26-27H,15-16H2. The zero-order valence-electron chi connectivity index (χ0n) is 15.2. The molecule has 0 atom stereocenters. The van der Waals surface area contributed by atoms with E-state index in [2.05, 4.69) is 17.1 Å². The normalized spacial score (nSPS) is 14.1. The summed E-state index contributed by atoms with van der Waals surface area (Å²) in [7, 11) is 0. The third-order valence-corrected chi connectivity index (χ3v) is 4.48. The molecule has 2 N–H and O–H groups in total. The zero-order valence-corrected chi connectivity index (χ0v) is 15.2. The Kier molecular flexibility index (Phi) is 5.08. The molecule has 0 saturated heterocycles. The molecular weight excluding hydrogens is 352 g/mol. The smallest absolute Gasteiger partial charge is 0.253 e. The molecule has 3 aromatic carbocycles. The van der Waals surface area contributed by atoms with Crippen LogP contribution in [0, 0.1) is 0 Å². The molecular formula is C23H20N2O3. The molecule has 0 spiro atoms. The molecule has 1 aliphatic rings. The molecule has 0 unspecified atom stereocenters. The van der Waals surface area contributed by atoms with Gasteiger partial charge in [0, 0.05) is 5.56 Å². The molecule has 0 amide bonds. The number of benzene rings is 3. The molecule has 3 aromatic rings. The Morgan fingerprint density at radius 3 is 2.00 bits per heavy atom. The summed E-state index contributed by atoms with van der Waals surface area (Å²) in [5.41, 5.74) is 3.99. The zero-order chi connectivity index (χ0) is 19.3. The average Bonchev–Trinajstić information content (AvgIpc) is 2.76. The number of hydroxylamine groups is 2. The van der Waals surface area contributed by atoms with Crippen molar-refractivity contribution in [2.24, 2.45) is 4.99 Å². The van der Waals surface area contributed by atoms with Gasteiger partial charge in [0.1, 0.15) is 6.54 Å². The van der Waals surface area contributed by atoms with E-state index in [0.29, 0.717) is 12.4 Å². The number of hydrogen-bond donors (Lipinski definition) is 2. The Hall–Kier alpha value is -3.57. The average molecular weight is 372 g/mol. The first-order valence-electron chi connectivity index (χ1n) is 9.01. The third-order valence-electron chi connectivity index (χ3n) is 4.48. The molecule has 0 aromatic heterocycles. The Bertz CT molecular complexity index is 997. The van der Waals surface area contributed by atoms with E-state index in [1.165, 1.54) is 5.06 Å². The van der Waals surface area contributed by atoms with Gasteiger partial charge in [-0.25, -0.2) is 5.06 Å². The van der Waals surface area contributed by atoms with Crippen LogP contribution in [0.3, 0.4) is 0 Å². The van der Waals surface area contributed by atoms with Crippen LogP contribution < -0.4 is 0 Å². The van der Waals surface area contributed by atoms with Crippen LogP contribution >= 0.6 is 0 Å². The van der Waals surface area contributed by atoms with Crippen LogP contribution in [-0.4, -0.2) is 27.7 Å². The number of aliphatic hydroxyl groups is 2. The van der Waals surface area contributed by atoms with Crippen molar-refractivity contribution in [2.75, 3.05) is 6.54 Å². The van der Waals surface area contributed by atoms with E-state index < -0.39 is 0 Å². The topological polar surface area (TPSA) is 65.3 Å². The van der Waals surface area contributed by atoms with Crippen molar-refractivity contribution in [1.82, 2.24) is 5.06 Å². The fourth-order valence-corrected chi connectivity index (χ4v) is 2.99. The maximum absolute atomic E-state index is 9.90. The Morgan fingerprint density at radius 1 is 0.750 bits per heavy atom. The fourth-order valence-electron chi connectivity index (χ4n) is 2.99. The summed E-state index contributed by atoms with van der Waals surface area (Å²) >= 11 is 0. The molecule has 0 fully saturated rings. The van der Waals surface area contributed by atoms with Crippen LogP contribution in [-0.2, 0) is 11.4 Å². The molecule has 1 heterocycles. The maximum Gasteiger partial charge on any atom is 0.253 e. The van der Waals surface area contributed by atoms with Gasteiger partial charge in [0.15, 0.2) is 11.6 Å². The first kappa shape index (κ1) is 17.8.